The summed E-state index contributed by atoms with van der Waals surface area (Å²) in [6.07, 6.45) is -0.846. The number of benzene rings is 1. The Morgan fingerprint density at radius 1 is 1.14 bits per heavy atom. The molecule has 1 aromatic carbocycles. The van der Waals surface area contributed by atoms with Crippen molar-refractivity contribution in [2.75, 3.05) is 41.9 Å². The standard InChI is InChI=1S/C19H20F3N5O2/c1-26-15-3-2-13(8-16(15)29-11-17(26)28)25-14-9-23-18(24-10-14)27-6-4-12(5-7-27)19(20,21)22/h2-3,8-10,12,25H,4-7,11H2,1H3. The summed E-state index contributed by atoms with van der Waals surface area (Å²) in [4.78, 5) is 23.5. The maximum Gasteiger partial charge on any atom is 0.391 e. The molecule has 29 heavy (non-hydrogen) atoms. The van der Waals surface area contributed by atoms with Crippen molar-refractivity contribution < 1.29 is 22.7 Å². The third-order valence-corrected chi connectivity index (χ3v) is 5.21. The SMILES string of the molecule is CN1C(=O)COc2cc(Nc3cnc(N4CCC(C(F)(F)F)CC4)nc3)ccc21. The molecule has 0 bridgehead atoms. The third-order valence-electron chi connectivity index (χ3n) is 5.21. The van der Waals surface area contributed by atoms with E-state index < -0.39 is 12.1 Å². The lowest BCUT2D eigenvalue weighted by atomic mass is 9.96. The quantitative estimate of drug-likeness (QED) is 0.842. The molecule has 1 N–H and O–H groups in total. The van der Waals surface area contributed by atoms with Crippen molar-refractivity contribution in [3.63, 3.8) is 0 Å². The molecule has 1 saturated heterocycles. The van der Waals surface area contributed by atoms with Crippen LogP contribution in [0.3, 0.4) is 0 Å². The summed E-state index contributed by atoms with van der Waals surface area (Å²) in [6, 6.07) is 5.38. The average Bonchev–Trinajstić information content (AvgIpc) is 2.71. The van der Waals surface area contributed by atoms with Crippen LogP contribution in [-0.2, 0) is 4.79 Å². The third kappa shape index (κ3) is 4.06. The summed E-state index contributed by atoms with van der Waals surface area (Å²) in [5.74, 6) is -0.339. The van der Waals surface area contributed by atoms with Crippen molar-refractivity contribution >= 4 is 28.9 Å². The zero-order valence-electron chi connectivity index (χ0n) is 15.7. The van der Waals surface area contributed by atoms with Crippen LogP contribution in [-0.4, -0.2) is 48.8 Å². The Balaban J connectivity index is 1.40. The van der Waals surface area contributed by atoms with Gasteiger partial charge < -0.3 is 19.9 Å². The van der Waals surface area contributed by atoms with Crippen LogP contribution >= 0.6 is 0 Å². The van der Waals surface area contributed by atoms with Gasteiger partial charge in [-0.2, -0.15) is 13.2 Å². The first kappa shape index (κ1) is 19.3. The summed E-state index contributed by atoms with van der Waals surface area (Å²) < 4.78 is 43.8. The summed E-state index contributed by atoms with van der Waals surface area (Å²) in [6.45, 7) is 0.562. The highest BCUT2D eigenvalue weighted by molar-refractivity contribution is 5.97. The summed E-state index contributed by atoms with van der Waals surface area (Å²) in [5.41, 5.74) is 2.08. The highest BCUT2D eigenvalue weighted by Gasteiger charge is 2.41. The normalized spacial score (nSPS) is 17.7. The number of anilines is 4. The van der Waals surface area contributed by atoms with E-state index in [0.29, 0.717) is 23.1 Å². The number of piperidine rings is 1. The number of amides is 1. The number of aromatic nitrogens is 2. The first-order valence-corrected chi connectivity index (χ1v) is 9.25. The lowest BCUT2D eigenvalue weighted by Gasteiger charge is -2.32. The molecule has 2 aliphatic heterocycles. The Morgan fingerprint density at radius 3 is 2.48 bits per heavy atom. The van der Waals surface area contributed by atoms with Gasteiger partial charge in [0.1, 0.15) is 5.75 Å². The Morgan fingerprint density at radius 2 is 1.83 bits per heavy atom. The van der Waals surface area contributed by atoms with Gasteiger partial charge in [-0.25, -0.2) is 9.97 Å². The van der Waals surface area contributed by atoms with E-state index in [0.717, 1.165) is 5.69 Å². The van der Waals surface area contributed by atoms with E-state index in [4.69, 9.17) is 4.74 Å². The van der Waals surface area contributed by atoms with E-state index in [1.54, 1.807) is 41.4 Å². The topological polar surface area (TPSA) is 70.6 Å². The van der Waals surface area contributed by atoms with E-state index in [-0.39, 0.29) is 38.4 Å². The minimum absolute atomic E-state index is 0.00417. The van der Waals surface area contributed by atoms with Gasteiger partial charge in [0.2, 0.25) is 5.95 Å². The Hall–Kier alpha value is -3.04. The van der Waals surface area contributed by atoms with Crippen molar-refractivity contribution in [3.8, 4) is 5.75 Å². The number of carbonyl (C=O) groups is 1. The first-order valence-electron chi connectivity index (χ1n) is 9.25. The molecule has 0 saturated carbocycles. The molecule has 3 heterocycles. The molecule has 154 valence electrons. The van der Waals surface area contributed by atoms with Crippen molar-refractivity contribution in [2.24, 2.45) is 5.92 Å². The van der Waals surface area contributed by atoms with Crippen LogP contribution in [0.4, 0.5) is 36.2 Å². The minimum Gasteiger partial charge on any atom is -0.481 e. The Labute approximate surface area is 165 Å². The van der Waals surface area contributed by atoms with Gasteiger partial charge in [-0.1, -0.05) is 0 Å². The fourth-order valence-corrected chi connectivity index (χ4v) is 3.48. The fraction of sp³-hybridized carbons (Fsp3) is 0.421. The molecule has 0 unspecified atom stereocenters. The fourth-order valence-electron chi connectivity index (χ4n) is 3.48. The number of hydrogen-bond donors (Lipinski definition) is 1. The van der Waals surface area contributed by atoms with Gasteiger partial charge in [-0.15, -0.1) is 0 Å². The van der Waals surface area contributed by atoms with Crippen LogP contribution in [0.5, 0.6) is 5.75 Å². The van der Waals surface area contributed by atoms with Gasteiger partial charge in [0.15, 0.2) is 6.61 Å². The molecule has 1 fully saturated rings. The number of nitrogens with zero attached hydrogens (tertiary/aromatic N) is 4. The van der Waals surface area contributed by atoms with Crippen LogP contribution in [0.15, 0.2) is 30.6 Å². The number of ether oxygens (including phenoxy) is 1. The number of hydrogen-bond acceptors (Lipinski definition) is 6. The van der Waals surface area contributed by atoms with Crippen LogP contribution < -0.4 is 19.9 Å². The van der Waals surface area contributed by atoms with Crippen molar-refractivity contribution in [3.05, 3.63) is 30.6 Å². The minimum atomic E-state index is -4.14. The Kier molecular flexibility index (Phi) is 4.93. The van der Waals surface area contributed by atoms with E-state index in [1.165, 1.54) is 0 Å². The van der Waals surface area contributed by atoms with Gasteiger partial charge in [-0.3, -0.25) is 4.79 Å². The number of nitrogens with one attached hydrogen (secondary N) is 1. The smallest absolute Gasteiger partial charge is 0.391 e. The van der Waals surface area contributed by atoms with E-state index >= 15 is 0 Å². The van der Waals surface area contributed by atoms with Crippen LogP contribution in [0.25, 0.3) is 0 Å². The van der Waals surface area contributed by atoms with Crippen LogP contribution in [0.2, 0.25) is 0 Å². The first-order chi connectivity index (χ1) is 13.8. The summed E-state index contributed by atoms with van der Waals surface area (Å²) in [5, 5.41) is 3.16. The molecule has 4 rings (SSSR count). The van der Waals surface area contributed by atoms with E-state index in [1.807, 2.05) is 6.07 Å². The molecule has 0 radical (unpaired) electrons. The molecule has 2 aromatic rings. The number of carbonyl (C=O) groups excluding carboxylic acids is 1. The van der Waals surface area contributed by atoms with Crippen molar-refractivity contribution in [1.82, 2.24) is 9.97 Å². The number of fused-ring (bicyclic) bond motifs is 1. The molecule has 10 heteroatoms. The lowest BCUT2D eigenvalue weighted by molar-refractivity contribution is -0.179. The van der Waals surface area contributed by atoms with Crippen molar-refractivity contribution in [1.29, 1.82) is 0 Å². The van der Waals surface area contributed by atoms with E-state index in [2.05, 4.69) is 15.3 Å². The maximum atomic E-state index is 12.8. The van der Waals surface area contributed by atoms with Crippen LogP contribution in [0, 0.1) is 5.92 Å². The van der Waals surface area contributed by atoms with E-state index in [9.17, 15) is 18.0 Å². The number of halogens is 3. The number of rotatable bonds is 3. The second-order valence-corrected chi connectivity index (χ2v) is 7.12. The monoisotopic (exact) mass is 407 g/mol. The van der Waals surface area contributed by atoms with Crippen LogP contribution in [0.1, 0.15) is 12.8 Å². The molecule has 0 aliphatic carbocycles. The van der Waals surface area contributed by atoms with Gasteiger partial charge in [0.05, 0.1) is 29.7 Å². The zero-order chi connectivity index (χ0) is 20.6. The van der Waals surface area contributed by atoms with Crippen molar-refractivity contribution in [2.45, 2.75) is 19.0 Å². The van der Waals surface area contributed by atoms with Gasteiger partial charge >= 0.3 is 6.18 Å². The molecule has 1 aromatic heterocycles. The molecular weight excluding hydrogens is 387 g/mol. The number of likely N-dealkylation sites (N-methyl/N-ethyl adjacent to an activating group) is 1. The molecule has 1 amide bonds. The second kappa shape index (κ2) is 7.41. The van der Waals surface area contributed by atoms with Gasteiger partial charge in [0.25, 0.3) is 5.91 Å². The summed E-state index contributed by atoms with van der Waals surface area (Å²) in [7, 11) is 1.70. The highest BCUT2D eigenvalue weighted by atomic mass is 19.4. The average molecular weight is 407 g/mol. The number of alkyl halides is 3. The summed E-state index contributed by atoms with van der Waals surface area (Å²) >= 11 is 0. The predicted molar refractivity (Wildman–Crippen MR) is 102 cm³/mol. The highest BCUT2D eigenvalue weighted by Crippen LogP contribution is 2.36. The Bertz CT molecular complexity index is 896. The zero-order valence-corrected chi connectivity index (χ0v) is 15.7. The maximum absolute atomic E-state index is 12.8. The lowest BCUT2D eigenvalue weighted by Crippen LogP contribution is -2.39. The molecular formula is C19H20F3N5O2. The van der Waals surface area contributed by atoms with Gasteiger partial charge in [0, 0.05) is 31.9 Å². The molecule has 0 atom stereocenters. The molecule has 2 aliphatic rings. The largest absolute Gasteiger partial charge is 0.481 e. The molecule has 0 spiro atoms. The predicted octanol–water partition coefficient (Wildman–Crippen LogP) is 3.35. The molecule has 7 nitrogen and oxygen atoms in total. The van der Waals surface area contributed by atoms with Gasteiger partial charge in [-0.05, 0) is 25.0 Å². The second-order valence-electron chi connectivity index (χ2n) is 7.12.